The van der Waals surface area contributed by atoms with E-state index in [4.69, 9.17) is 14.2 Å². The maximum absolute atomic E-state index is 12.9. The molecule has 198 valence electrons. The van der Waals surface area contributed by atoms with Gasteiger partial charge < -0.3 is 19.5 Å². The number of carbonyl (C=O) groups excluding carboxylic acids is 2. The second-order valence-corrected chi connectivity index (χ2v) is 9.14. The summed E-state index contributed by atoms with van der Waals surface area (Å²) in [6.45, 7) is 9.66. The number of anilines is 1. The van der Waals surface area contributed by atoms with E-state index < -0.39 is 11.7 Å². The molecule has 9 nitrogen and oxygen atoms in total. The van der Waals surface area contributed by atoms with Gasteiger partial charge in [-0.05, 0) is 56.9 Å². The lowest BCUT2D eigenvalue weighted by Gasteiger charge is -2.19. The Morgan fingerprint density at radius 1 is 1.03 bits per heavy atom. The minimum Gasteiger partial charge on any atom is -0.497 e. The van der Waals surface area contributed by atoms with Gasteiger partial charge in [-0.2, -0.15) is 4.98 Å². The fourth-order valence-electron chi connectivity index (χ4n) is 2.87. The number of hydrogen-bond donors (Lipinski definition) is 2. The first-order chi connectivity index (χ1) is 17.7. The first-order valence-electron chi connectivity index (χ1n) is 11.8. The zero-order valence-electron chi connectivity index (χ0n) is 22.2. The smallest absolute Gasteiger partial charge is 0.412 e. The Balaban J connectivity index is 0.00000235. The average molecular weight is 527 g/mol. The van der Waals surface area contributed by atoms with Gasteiger partial charge in [-0.1, -0.05) is 43.8 Å². The molecule has 1 heterocycles. The van der Waals surface area contributed by atoms with Gasteiger partial charge in [0, 0.05) is 24.5 Å². The summed E-state index contributed by atoms with van der Waals surface area (Å²) in [6.07, 6.45) is 2.67. The molecule has 0 bridgehead atoms. The van der Waals surface area contributed by atoms with Crippen molar-refractivity contribution in [3.05, 3.63) is 65.9 Å². The standard InChI is InChI=1S/C25H28N4O5S.C2H6/c1-25(2,3)34-24(31)28-17-7-6-8-19(13-17)33-22-20(15-27-23(29-22)35-5)21(30)26-14-16-9-11-18(32-4)12-10-16;1-2/h6-13,15H,14H2,1-5H3,(H,26,30)(H,28,31);1-2H3. The predicted octanol–water partition coefficient (Wildman–Crippen LogP) is 6.30. The maximum Gasteiger partial charge on any atom is 0.412 e. The first kappa shape index (κ1) is 29.4. The number of benzene rings is 2. The van der Waals surface area contributed by atoms with Crippen LogP contribution in [0, 0.1) is 0 Å². The summed E-state index contributed by atoms with van der Waals surface area (Å²) in [5.41, 5.74) is 0.939. The Morgan fingerprint density at radius 2 is 1.73 bits per heavy atom. The molecule has 3 rings (SSSR count). The van der Waals surface area contributed by atoms with E-state index in [9.17, 15) is 9.59 Å². The molecule has 2 amide bonds. The van der Waals surface area contributed by atoms with Gasteiger partial charge >= 0.3 is 6.09 Å². The van der Waals surface area contributed by atoms with Crippen LogP contribution in [0.2, 0.25) is 0 Å². The predicted molar refractivity (Wildman–Crippen MR) is 146 cm³/mol. The molecular formula is C27H34N4O5S. The van der Waals surface area contributed by atoms with E-state index in [0.29, 0.717) is 23.1 Å². The van der Waals surface area contributed by atoms with E-state index in [0.717, 1.165) is 11.3 Å². The molecule has 10 heteroatoms. The van der Waals surface area contributed by atoms with Crippen LogP contribution in [0.3, 0.4) is 0 Å². The number of methoxy groups -OCH3 is 1. The third-order valence-corrected chi connectivity index (χ3v) is 5.03. The van der Waals surface area contributed by atoms with Gasteiger partial charge in [-0.15, -0.1) is 0 Å². The minimum absolute atomic E-state index is 0.103. The number of ether oxygens (including phenoxy) is 3. The van der Waals surface area contributed by atoms with Gasteiger partial charge in [0.2, 0.25) is 5.88 Å². The van der Waals surface area contributed by atoms with Gasteiger partial charge in [0.1, 0.15) is 22.7 Å². The summed E-state index contributed by atoms with van der Waals surface area (Å²) in [6, 6.07) is 14.1. The Kier molecular flexibility index (Phi) is 11.2. The number of nitrogens with zero attached hydrogens (tertiary/aromatic N) is 2. The quantitative estimate of drug-likeness (QED) is 0.260. The molecule has 0 fully saturated rings. The van der Waals surface area contributed by atoms with Crippen molar-refractivity contribution in [2.75, 3.05) is 18.7 Å². The topological polar surface area (TPSA) is 112 Å². The number of amides is 2. The van der Waals surface area contributed by atoms with Crippen molar-refractivity contribution in [3.63, 3.8) is 0 Å². The molecule has 0 aliphatic heterocycles. The van der Waals surface area contributed by atoms with E-state index >= 15 is 0 Å². The Morgan fingerprint density at radius 3 is 2.35 bits per heavy atom. The lowest BCUT2D eigenvalue weighted by Crippen LogP contribution is -2.27. The Labute approximate surface area is 222 Å². The van der Waals surface area contributed by atoms with Gasteiger partial charge in [0.15, 0.2) is 5.16 Å². The average Bonchev–Trinajstić information content (AvgIpc) is 2.87. The highest BCUT2D eigenvalue weighted by Gasteiger charge is 2.19. The van der Waals surface area contributed by atoms with Crippen molar-refractivity contribution < 1.29 is 23.8 Å². The van der Waals surface area contributed by atoms with Crippen LogP contribution in [0.15, 0.2) is 59.9 Å². The van der Waals surface area contributed by atoms with Crippen molar-refractivity contribution in [1.82, 2.24) is 15.3 Å². The van der Waals surface area contributed by atoms with Crippen molar-refractivity contribution in [3.8, 4) is 17.4 Å². The summed E-state index contributed by atoms with van der Waals surface area (Å²) in [7, 11) is 1.60. The van der Waals surface area contributed by atoms with Crippen LogP contribution in [0.4, 0.5) is 10.5 Å². The molecule has 0 aliphatic carbocycles. The van der Waals surface area contributed by atoms with Gasteiger partial charge in [-0.3, -0.25) is 10.1 Å². The SMILES string of the molecule is CC.COc1ccc(CNC(=O)c2cnc(SC)nc2Oc2cccc(NC(=O)OC(C)(C)C)c2)cc1. The van der Waals surface area contributed by atoms with Crippen LogP contribution >= 0.6 is 11.8 Å². The minimum atomic E-state index is -0.624. The lowest BCUT2D eigenvalue weighted by molar-refractivity contribution is 0.0635. The number of rotatable bonds is 8. The van der Waals surface area contributed by atoms with Crippen LogP contribution in [0.5, 0.6) is 17.4 Å². The van der Waals surface area contributed by atoms with E-state index in [1.807, 2.05) is 44.4 Å². The molecule has 0 saturated carbocycles. The van der Waals surface area contributed by atoms with Crippen molar-refractivity contribution in [1.29, 1.82) is 0 Å². The molecule has 1 aromatic heterocycles. The molecule has 0 spiro atoms. The second kappa shape index (κ2) is 14.1. The van der Waals surface area contributed by atoms with E-state index in [2.05, 4.69) is 20.6 Å². The highest BCUT2D eigenvalue weighted by atomic mass is 32.2. The molecular weight excluding hydrogens is 492 g/mol. The van der Waals surface area contributed by atoms with Crippen LogP contribution in [0.1, 0.15) is 50.5 Å². The highest BCUT2D eigenvalue weighted by Crippen LogP contribution is 2.27. The first-order valence-corrected chi connectivity index (χ1v) is 13.0. The summed E-state index contributed by atoms with van der Waals surface area (Å²) in [5.74, 6) is 0.839. The molecule has 2 N–H and O–H groups in total. The number of aromatic nitrogens is 2. The third kappa shape index (κ3) is 9.64. The van der Waals surface area contributed by atoms with E-state index in [-0.39, 0.29) is 17.4 Å². The summed E-state index contributed by atoms with van der Waals surface area (Å²) < 4.78 is 16.4. The van der Waals surface area contributed by atoms with Crippen molar-refractivity contribution >= 4 is 29.4 Å². The number of nitrogens with one attached hydrogen (secondary N) is 2. The molecule has 0 unspecified atom stereocenters. The van der Waals surface area contributed by atoms with Crippen LogP contribution < -0.4 is 20.1 Å². The van der Waals surface area contributed by atoms with E-state index in [1.165, 1.54) is 18.0 Å². The Bertz CT molecular complexity index is 1180. The maximum atomic E-state index is 12.9. The van der Waals surface area contributed by atoms with Crippen molar-refractivity contribution in [2.24, 2.45) is 0 Å². The monoisotopic (exact) mass is 526 g/mol. The van der Waals surface area contributed by atoms with E-state index in [1.54, 1.807) is 52.1 Å². The summed E-state index contributed by atoms with van der Waals surface area (Å²) >= 11 is 1.33. The number of hydrogen-bond acceptors (Lipinski definition) is 8. The fourth-order valence-corrected chi connectivity index (χ4v) is 3.21. The zero-order valence-corrected chi connectivity index (χ0v) is 23.1. The van der Waals surface area contributed by atoms with Crippen LogP contribution in [-0.4, -0.2) is 40.9 Å². The molecule has 0 aliphatic rings. The molecule has 2 aromatic carbocycles. The number of thioether (sulfide) groups is 1. The summed E-state index contributed by atoms with van der Waals surface area (Å²) in [4.78, 5) is 33.6. The molecule has 37 heavy (non-hydrogen) atoms. The largest absolute Gasteiger partial charge is 0.497 e. The lowest BCUT2D eigenvalue weighted by atomic mass is 10.2. The van der Waals surface area contributed by atoms with Crippen LogP contribution in [0.25, 0.3) is 0 Å². The fraction of sp³-hybridized carbons (Fsp3) is 0.333. The molecule has 3 aromatic rings. The zero-order chi connectivity index (χ0) is 27.4. The summed E-state index contributed by atoms with van der Waals surface area (Å²) in [5, 5.41) is 5.97. The van der Waals surface area contributed by atoms with Gasteiger partial charge in [0.25, 0.3) is 5.91 Å². The normalized spacial score (nSPS) is 10.5. The van der Waals surface area contributed by atoms with Gasteiger partial charge in [-0.25, -0.2) is 9.78 Å². The van der Waals surface area contributed by atoms with Crippen molar-refractivity contribution in [2.45, 2.75) is 51.9 Å². The second-order valence-electron chi connectivity index (χ2n) is 8.36. The van der Waals surface area contributed by atoms with Crippen LogP contribution in [-0.2, 0) is 11.3 Å². The third-order valence-electron chi connectivity index (χ3n) is 4.46. The molecule has 0 saturated heterocycles. The van der Waals surface area contributed by atoms with Gasteiger partial charge in [0.05, 0.1) is 7.11 Å². The number of carbonyl (C=O) groups is 2. The highest BCUT2D eigenvalue weighted by molar-refractivity contribution is 7.98. The Hall–Kier alpha value is -3.79. The molecule has 0 atom stereocenters. The molecule has 0 radical (unpaired) electrons.